The Morgan fingerprint density at radius 1 is 1.53 bits per heavy atom. The second kappa shape index (κ2) is 7.53. The highest BCUT2D eigenvalue weighted by atomic mass is 32.2. The van der Waals surface area contributed by atoms with Crippen molar-refractivity contribution >= 4 is 17.7 Å². The van der Waals surface area contributed by atoms with E-state index in [1.165, 1.54) is 4.90 Å². The van der Waals surface area contributed by atoms with E-state index in [4.69, 9.17) is 4.74 Å². The largest absolute Gasteiger partial charge is 0.378 e. The summed E-state index contributed by atoms with van der Waals surface area (Å²) < 4.78 is 5.28. The highest BCUT2D eigenvalue weighted by molar-refractivity contribution is 8.00. The summed E-state index contributed by atoms with van der Waals surface area (Å²) >= 11 is 1.77. The number of hydrogen-bond acceptors (Lipinski definition) is 4. The monoisotopic (exact) mass is 280 g/mol. The third-order valence-corrected chi connectivity index (χ3v) is 4.00. The molecule has 1 aromatic rings. The molecule has 104 valence electrons. The van der Waals surface area contributed by atoms with Crippen molar-refractivity contribution in [2.75, 3.05) is 26.3 Å². The van der Waals surface area contributed by atoms with E-state index in [1.54, 1.807) is 11.8 Å². The Hall–Kier alpha value is -1.04. The lowest BCUT2D eigenvalue weighted by molar-refractivity contribution is -0.125. The fourth-order valence-corrected chi connectivity index (χ4v) is 2.82. The van der Waals surface area contributed by atoms with Gasteiger partial charge in [-0.05, 0) is 12.1 Å². The molecule has 5 heteroatoms. The van der Waals surface area contributed by atoms with Crippen LogP contribution in [0.4, 0.5) is 0 Å². The van der Waals surface area contributed by atoms with Gasteiger partial charge in [0.05, 0.1) is 13.2 Å². The summed E-state index contributed by atoms with van der Waals surface area (Å²) in [7, 11) is 0. The maximum Gasteiger partial charge on any atom is 0.239 e. The Morgan fingerprint density at radius 3 is 3.00 bits per heavy atom. The average molecular weight is 280 g/mol. The molecule has 0 bridgehead atoms. The number of thioether (sulfide) groups is 1. The van der Waals surface area contributed by atoms with E-state index in [-0.39, 0.29) is 11.9 Å². The van der Waals surface area contributed by atoms with Gasteiger partial charge in [-0.15, -0.1) is 11.8 Å². The Kier molecular flexibility index (Phi) is 5.69. The van der Waals surface area contributed by atoms with Gasteiger partial charge in [-0.2, -0.15) is 0 Å². The second-order valence-corrected chi connectivity index (χ2v) is 6.08. The Bertz CT molecular complexity index is 394. The molecule has 1 heterocycles. The molecule has 0 radical (unpaired) electrons. The van der Waals surface area contributed by atoms with Crippen LogP contribution in [-0.2, 0) is 9.53 Å². The van der Waals surface area contributed by atoms with Gasteiger partial charge >= 0.3 is 0 Å². The zero-order chi connectivity index (χ0) is 13.5. The summed E-state index contributed by atoms with van der Waals surface area (Å²) in [6, 6.07) is 10.0. The number of nitrogens with one attached hydrogen (secondary N) is 2. The first-order valence-electron chi connectivity index (χ1n) is 6.56. The maximum absolute atomic E-state index is 11.9. The third kappa shape index (κ3) is 4.86. The maximum atomic E-state index is 11.9. The van der Waals surface area contributed by atoms with Crippen LogP contribution in [-0.4, -0.2) is 43.5 Å². The molecule has 2 N–H and O–H groups in total. The van der Waals surface area contributed by atoms with Gasteiger partial charge in [0.1, 0.15) is 6.04 Å². The van der Waals surface area contributed by atoms with Crippen LogP contribution in [0.3, 0.4) is 0 Å². The van der Waals surface area contributed by atoms with Crippen molar-refractivity contribution in [2.24, 2.45) is 0 Å². The van der Waals surface area contributed by atoms with Gasteiger partial charge in [-0.1, -0.05) is 25.1 Å². The zero-order valence-electron chi connectivity index (χ0n) is 11.1. The van der Waals surface area contributed by atoms with Crippen molar-refractivity contribution in [1.29, 1.82) is 0 Å². The van der Waals surface area contributed by atoms with Gasteiger partial charge in [0.2, 0.25) is 5.91 Å². The summed E-state index contributed by atoms with van der Waals surface area (Å²) in [6.45, 7) is 4.67. The van der Waals surface area contributed by atoms with Crippen LogP contribution >= 0.6 is 11.8 Å². The quantitative estimate of drug-likeness (QED) is 0.798. The number of benzene rings is 1. The molecule has 1 aliphatic heterocycles. The van der Waals surface area contributed by atoms with Crippen molar-refractivity contribution in [1.82, 2.24) is 10.6 Å². The Balaban J connectivity index is 1.71. The van der Waals surface area contributed by atoms with Crippen LogP contribution < -0.4 is 10.6 Å². The zero-order valence-corrected chi connectivity index (χ0v) is 11.9. The lowest BCUT2D eigenvalue weighted by Gasteiger charge is -2.23. The molecule has 1 fully saturated rings. The Labute approximate surface area is 118 Å². The van der Waals surface area contributed by atoms with Gasteiger partial charge in [0.15, 0.2) is 0 Å². The summed E-state index contributed by atoms with van der Waals surface area (Å²) in [5, 5.41) is 6.46. The normalized spacial score (nSPS) is 20.8. The predicted octanol–water partition coefficient (Wildman–Crippen LogP) is 1.27. The lowest BCUT2D eigenvalue weighted by Crippen LogP contribution is -2.51. The van der Waals surface area contributed by atoms with E-state index in [9.17, 15) is 4.79 Å². The number of hydrogen-bond donors (Lipinski definition) is 2. The third-order valence-electron chi connectivity index (χ3n) is 2.88. The summed E-state index contributed by atoms with van der Waals surface area (Å²) in [5.41, 5.74) is 0. The summed E-state index contributed by atoms with van der Waals surface area (Å²) in [4.78, 5) is 13.1. The molecule has 0 aromatic heterocycles. The molecule has 19 heavy (non-hydrogen) atoms. The van der Waals surface area contributed by atoms with Crippen molar-refractivity contribution in [3.8, 4) is 0 Å². The van der Waals surface area contributed by atoms with Crippen molar-refractivity contribution in [2.45, 2.75) is 23.1 Å². The van der Waals surface area contributed by atoms with Gasteiger partial charge in [0, 0.05) is 23.2 Å². The highest BCUT2D eigenvalue weighted by Gasteiger charge is 2.21. The second-order valence-electron chi connectivity index (χ2n) is 4.57. The van der Waals surface area contributed by atoms with Crippen molar-refractivity contribution in [3.63, 3.8) is 0 Å². The number of ether oxygens (including phenoxy) is 1. The molecule has 4 nitrogen and oxygen atoms in total. The van der Waals surface area contributed by atoms with Crippen LogP contribution in [0.15, 0.2) is 35.2 Å². The van der Waals surface area contributed by atoms with E-state index in [1.807, 2.05) is 18.2 Å². The van der Waals surface area contributed by atoms with Crippen LogP contribution in [0, 0.1) is 0 Å². The summed E-state index contributed by atoms with van der Waals surface area (Å²) in [5.74, 6) is 0.0280. The highest BCUT2D eigenvalue weighted by Crippen LogP contribution is 2.21. The molecule has 1 amide bonds. The van der Waals surface area contributed by atoms with Gasteiger partial charge in [0.25, 0.3) is 0 Å². The van der Waals surface area contributed by atoms with E-state index < -0.39 is 0 Å². The summed E-state index contributed by atoms with van der Waals surface area (Å²) in [6.07, 6.45) is 0. The van der Waals surface area contributed by atoms with Gasteiger partial charge < -0.3 is 15.4 Å². The molecular weight excluding hydrogens is 260 g/mol. The fourth-order valence-electron chi connectivity index (χ4n) is 1.87. The topological polar surface area (TPSA) is 50.4 Å². The Morgan fingerprint density at radius 2 is 2.32 bits per heavy atom. The van der Waals surface area contributed by atoms with Crippen LogP contribution in [0.1, 0.15) is 6.92 Å². The standard InChI is InChI=1S/C14H20N2O2S/c1-11(19-12-5-3-2-4-6-12)9-16-14(17)13-10-18-8-7-15-13/h2-6,11,13,15H,7-10H2,1H3,(H,16,17). The first-order valence-corrected chi connectivity index (χ1v) is 7.44. The molecule has 0 spiro atoms. The van der Waals surface area contributed by atoms with E-state index in [0.717, 1.165) is 6.54 Å². The molecule has 2 unspecified atom stereocenters. The fraction of sp³-hybridized carbons (Fsp3) is 0.500. The number of morpholine rings is 1. The van der Waals surface area contributed by atoms with Crippen LogP contribution in [0.25, 0.3) is 0 Å². The lowest BCUT2D eigenvalue weighted by atomic mass is 10.2. The molecule has 1 aromatic carbocycles. The van der Waals surface area contributed by atoms with E-state index in [0.29, 0.717) is 25.0 Å². The first kappa shape index (κ1) is 14.4. The van der Waals surface area contributed by atoms with E-state index in [2.05, 4.69) is 29.7 Å². The smallest absolute Gasteiger partial charge is 0.239 e. The SMILES string of the molecule is CC(CNC(=O)C1COCCN1)Sc1ccccc1. The number of amides is 1. The van der Waals surface area contributed by atoms with Crippen molar-refractivity contribution < 1.29 is 9.53 Å². The van der Waals surface area contributed by atoms with Gasteiger partial charge in [-0.25, -0.2) is 0 Å². The predicted molar refractivity (Wildman–Crippen MR) is 77.4 cm³/mol. The molecule has 2 atom stereocenters. The molecule has 1 aliphatic rings. The number of carbonyl (C=O) groups excluding carboxylic acids is 1. The number of carbonyl (C=O) groups is 1. The molecule has 2 rings (SSSR count). The first-order chi connectivity index (χ1) is 9.25. The molecule has 0 aliphatic carbocycles. The molecular formula is C14H20N2O2S. The minimum Gasteiger partial charge on any atom is -0.378 e. The van der Waals surface area contributed by atoms with Gasteiger partial charge in [-0.3, -0.25) is 4.79 Å². The minimum atomic E-state index is -0.206. The average Bonchev–Trinajstić information content (AvgIpc) is 2.47. The van der Waals surface area contributed by atoms with Crippen molar-refractivity contribution in [3.05, 3.63) is 30.3 Å². The molecule has 0 saturated carbocycles. The van der Waals surface area contributed by atoms with Crippen LogP contribution in [0.2, 0.25) is 0 Å². The number of rotatable bonds is 5. The van der Waals surface area contributed by atoms with E-state index >= 15 is 0 Å². The van der Waals surface area contributed by atoms with Crippen LogP contribution in [0.5, 0.6) is 0 Å². The molecule has 1 saturated heterocycles. The minimum absolute atomic E-state index is 0.0280.